The summed E-state index contributed by atoms with van der Waals surface area (Å²) in [6.45, 7) is 6.94. The van der Waals surface area contributed by atoms with Gasteiger partial charge in [-0.3, -0.25) is 9.67 Å². The van der Waals surface area contributed by atoms with Crippen LogP contribution in [-0.2, 0) is 20.0 Å². The maximum atomic E-state index is 5.36. The number of nitrogens with one attached hydrogen (secondary N) is 2. The highest BCUT2D eigenvalue weighted by atomic mass is 127. The predicted octanol–water partition coefficient (Wildman–Crippen LogP) is 2.97. The molecule has 2 N–H and O–H groups in total. The maximum absolute atomic E-state index is 5.36. The van der Waals surface area contributed by atoms with Gasteiger partial charge in [-0.2, -0.15) is 5.10 Å². The molecule has 28 heavy (non-hydrogen) atoms. The minimum Gasteiger partial charge on any atom is -0.493 e. The van der Waals surface area contributed by atoms with Crippen molar-refractivity contribution in [2.75, 3.05) is 21.3 Å². The minimum absolute atomic E-state index is 0. The third-order valence-corrected chi connectivity index (χ3v) is 4.68. The van der Waals surface area contributed by atoms with Crippen LogP contribution in [0.5, 0.6) is 11.5 Å². The van der Waals surface area contributed by atoms with Crippen molar-refractivity contribution in [3.8, 4) is 11.5 Å². The number of nitrogens with zero attached hydrogens (tertiary/aromatic N) is 3. The summed E-state index contributed by atoms with van der Waals surface area (Å²) in [6, 6.07) is 6.10. The summed E-state index contributed by atoms with van der Waals surface area (Å²) in [5, 5.41) is 11.3. The normalized spacial score (nSPS) is 12.2. The smallest absolute Gasteiger partial charge is 0.191 e. The Hall–Kier alpha value is -1.97. The van der Waals surface area contributed by atoms with E-state index in [1.165, 1.54) is 11.3 Å². The quantitative estimate of drug-likeness (QED) is 0.347. The molecule has 0 aliphatic carbocycles. The Morgan fingerprint density at radius 2 is 1.89 bits per heavy atom. The first-order valence-corrected chi connectivity index (χ1v) is 9.06. The van der Waals surface area contributed by atoms with Crippen LogP contribution < -0.4 is 20.1 Å². The van der Waals surface area contributed by atoms with E-state index in [9.17, 15) is 0 Å². The van der Waals surface area contributed by atoms with Gasteiger partial charge in [-0.1, -0.05) is 6.07 Å². The number of rotatable bonds is 7. The number of methoxy groups -OCH3 is 2. The van der Waals surface area contributed by atoms with E-state index in [1.807, 2.05) is 29.9 Å². The number of halogens is 1. The summed E-state index contributed by atoms with van der Waals surface area (Å²) >= 11 is 0. The third kappa shape index (κ3) is 6.02. The number of aryl methyl sites for hydroxylation is 2. The summed E-state index contributed by atoms with van der Waals surface area (Å²) in [4.78, 5) is 4.33. The van der Waals surface area contributed by atoms with Gasteiger partial charge >= 0.3 is 0 Å². The van der Waals surface area contributed by atoms with Crippen molar-refractivity contribution < 1.29 is 9.47 Å². The van der Waals surface area contributed by atoms with Gasteiger partial charge in [0.15, 0.2) is 17.5 Å². The number of hydrogen-bond acceptors (Lipinski definition) is 4. The van der Waals surface area contributed by atoms with Crippen LogP contribution in [0.4, 0.5) is 0 Å². The van der Waals surface area contributed by atoms with Gasteiger partial charge < -0.3 is 20.1 Å². The van der Waals surface area contributed by atoms with Gasteiger partial charge in [0.1, 0.15) is 0 Å². The topological polar surface area (TPSA) is 72.7 Å². The molecular weight excluding hydrogens is 469 g/mol. The molecule has 1 atom stereocenters. The lowest BCUT2D eigenvalue weighted by atomic mass is 10.1. The summed E-state index contributed by atoms with van der Waals surface area (Å²) in [6.07, 6.45) is 0.891. The Bertz CT molecular complexity index is 804. The van der Waals surface area contributed by atoms with E-state index in [-0.39, 0.29) is 30.0 Å². The van der Waals surface area contributed by atoms with Crippen LogP contribution in [0, 0.1) is 13.8 Å². The Morgan fingerprint density at radius 1 is 1.21 bits per heavy atom. The molecule has 0 aliphatic heterocycles. The fraction of sp³-hybridized carbons (Fsp3) is 0.500. The molecule has 0 aliphatic rings. The van der Waals surface area contributed by atoms with Crippen LogP contribution in [0.2, 0.25) is 0 Å². The lowest BCUT2D eigenvalue weighted by Gasteiger charge is -2.18. The molecule has 2 rings (SSSR count). The third-order valence-electron chi connectivity index (χ3n) is 4.68. The van der Waals surface area contributed by atoms with Crippen molar-refractivity contribution in [3.63, 3.8) is 0 Å². The van der Waals surface area contributed by atoms with Gasteiger partial charge in [0.05, 0.1) is 19.9 Å². The molecular formula is C20H32IN5O2. The Balaban J connectivity index is 0.00000392. The largest absolute Gasteiger partial charge is 0.493 e. The first kappa shape index (κ1) is 24.1. The van der Waals surface area contributed by atoms with Crippen LogP contribution >= 0.6 is 24.0 Å². The molecule has 0 saturated heterocycles. The molecule has 1 heterocycles. The summed E-state index contributed by atoms with van der Waals surface area (Å²) in [7, 11) is 7.03. The van der Waals surface area contributed by atoms with Gasteiger partial charge in [0.25, 0.3) is 0 Å². The molecule has 2 aromatic rings. The zero-order valence-electron chi connectivity index (χ0n) is 17.8. The monoisotopic (exact) mass is 501 g/mol. The van der Waals surface area contributed by atoms with Gasteiger partial charge in [-0.25, -0.2) is 0 Å². The number of ether oxygens (including phenoxy) is 2. The molecule has 156 valence electrons. The number of hydrogen-bond donors (Lipinski definition) is 2. The molecule has 0 amide bonds. The second-order valence-corrected chi connectivity index (χ2v) is 6.64. The van der Waals surface area contributed by atoms with Gasteiger partial charge in [0.2, 0.25) is 0 Å². The van der Waals surface area contributed by atoms with E-state index in [2.05, 4.69) is 41.5 Å². The fourth-order valence-corrected chi connectivity index (χ4v) is 3.07. The molecule has 0 radical (unpaired) electrons. The van der Waals surface area contributed by atoms with Crippen LogP contribution in [0.25, 0.3) is 0 Å². The average molecular weight is 501 g/mol. The van der Waals surface area contributed by atoms with E-state index >= 15 is 0 Å². The molecule has 1 aromatic carbocycles. The molecule has 0 bridgehead atoms. The highest BCUT2D eigenvalue weighted by molar-refractivity contribution is 14.0. The van der Waals surface area contributed by atoms with Gasteiger partial charge in [0, 0.05) is 32.4 Å². The molecule has 1 unspecified atom stereocenters. The first-order chi connectivity index (χ1) is 12.9. The maximum Gasteiger partial charge on any atom is 0.191 e. The summed E-state index contributed by atoms with van der Waals surface area (Å²) in [5.41, 5.74) is 4.65. The summed E-state index contributed by atoms with van der Waals surface area (Å²) < 4.78 is 12.6. The van der Waals surface area contributed by atoms with Crippen molar-refractivity contribution in [2.45, 2.75) is 39.8 Å². The fourth-order valence-electron chi connectivity index (χ4n) is 3.07. The van der Waals surface area contributed by atoms with Crippen molar-refractivity contribution in [1.82, 2.24) is 20.4 Å². The highest BCUT2D eigenvalue weighted by Crippen LogP contribution is 2.27. The Morgan fingerprint density at radius 3 is 2.43 bits per heavy atom. The van der Waals surface area contributed by atoms with Gasteiger partial charge in [-0.05, 0) is 50.5 Å². The van der Waals surface area contributed by atoms with Crippen molar-refractivity contribution in [3.05, 3.63) is 40.7 Å². The molecule has 1 aromatic heterocycles. The number of guanidine groups is 1. The van der Waals surface area contributed by atoms with E-state index in [0.29, 0.717) is 6.54 Å². The van der Waals surface area contributed by atoms with Gasteiger partial charge in [-0.15, -0.1) is 24.0 Å². The Kier molecular flexibility index (Phi) is 9.57. The molecule has 7 nitrogen and oxygen atoms in total. The zero-order chi connectivity index (χ0) is 20.0. The van der Waals surface area contributed by atoms with Crippen LogP contribution in [-0.4, -0.2) is 43.0 Å². The van der Waals surface area contributed by atoms with E-state index < -0.39 is 0 Å². The molecule has 0 saturated carbocycles. The second kappa shape index (κ2) is 11.1. The standard InChI is InChI=1S/C20H31N5O2.HI/c1-13(10-17-14(2)24-25(5)15(17)3)23-20(21-4)22-12-16-8-9-18(26-6)19(11-16)27-7;/h8-9,11,13H,10,12H2,1-7H3,(H2,21,22,23);1H. The van der Waals surface area contributed by atoms with Crippen molar-refractivity contribution in [2.24, 2.45) is 12.0 Å². The van der Waals surface area contributed by atoms with E-state index in [1.54, 1.807) is 21.3 Å². The van der Waals surface area contributed by atoms with E-state index in [0.717, 1.165) is 35.1 Å². The molecule has 0 spiro atoms. The second-order valence-electron chi connectivity index (χ2n) is 6.64. The van der Waals surface area contributed by atoms with Crippen molar-refractivity contribution >= 4 is 29.9 Å². The number of benzene rings is 1. The minimum atomic E-state index is 0. The number of aliphatic imine (C=N–C) groups is 1. The molecule has 8 heteroatoms. The SMILES string of the molecule is CN=C(NCc1ccc(OC)c(OC)c1)NC(C)Cc1c(C)nn(C)c1C.I. The molecule has 0 fully saturated rings. The Labute approximate surface area is 184 Å². The van der Waals surface area contributed by atoms with E-state index in [4.69, 9.17) is 9.47 Å². The van der Waals surface area contributed by atoms with Crippen LogP contribution in [0.15, 0.2) is 23.2 Å². The van der Waals surface area contributed by atoms with Crippen LogP contribution in [0.1, 0.15) is 29.4 Å². The zero-order valence-corrected chi connectivity index (χ0v) is 20.1. The first-order valence-electron chi connectivity index (χ1n) is 9.06. The van der Waals surface area contributed by atoms with Crippen LogP contribution in [0.3, 0.4) is 0 Å². The lowest BCUT2D eigenvalue weighted by molar-refractivity contribution is 0.354. The average Bonchev–Trinajstić information content (AvgIpc) is 2.90. The highest BCUT2D eigenvalue weighted by Gasteiger charge is 2.14. The van der Waals surface area contributed by atoms with Crippen molar-refractivity contribution in [1.29, 1.82) is 0 Å². The lowest BCUT2D eigenvalue weighted by Crippen LogP contribution is -2.42. The predicted molar refractivity (Wildman–Crippen MR) is 124 cm³/mol. The summed E-state index contributed by atoms with van der Waals surface area (Å²) in [5.74, 6) is 2.20. The number of aromatic nitrogens is 2.